The summed E-state index contributed by atoms with van der Waals surface area (Å²) in [5, 5.41) is 12.1. The molecule has 108 valence electrons. The molecule has 0 bridgehead atoms. The molecule has 22 heavy (non-hydrogen) atoms. The number of hydrogen-bond donors (Lipinski definition) is 1. The van der Waals surface area contributed by atoms with Crippen LogP contribution in [-0.2, 0) is 0 Å². The number of H-pyrrole nitrogens is 1. The van der Waals surface area contributed by atoms with Crippen molar-refractivity contribution in [2.75, 3.05) is 0 Å². The number of rotatable bonds is 3. The highest BCUT2D eigenvalue weighted by Gasteiger charge is 2.14. The van der Waals surface area contributed by atoms with E-state index < -0.39 is 5.56 Å². The van der Waals surface area contributed by atoms with Gasteiger partial charge >= 0.3 is 5.56 Å². The van der Waals surface area contributed by atoms with E-state index in [9.17, 15) is 10.0 Å². The highest BCUT2D eigenvalue weighted by atomic mass is 16.5. The van der Waals surface area contributed by atoms with Gasteiger partial charge in [0.25, 0.3) is 0 Å². The summed E-state index contributed by atoms with van der Waals surface area (Å²) in [6.45, 7) is 0. The summed E-state index contributed by atoms with van der Waals surface area (Å²) in [6, 6.07) is 19.3. The summed E-state index contributed by atoms with van der Waals surface area (Å²) < 4.78 is 0.598. The monoisotopic (exact) mass is 290 g/mol. The molecule has 0 spiro atoms. The Morgan fingerprint density at radius 1 is 1.00 bits per heavy atom. The van der Waals surface area contributed by atoms with E-state index >= 15 is 0 Å². The van der Waals surface area contributed by atoms with Crippen LogP contribution < -0.4 is 10.3 Å². The van der Waals surface area contributed by atoms with Crippen molar-refractivity contribution in [3.8, 4) is 0 Å². The lowest BCUT2D eigenvalue weighted by molar-refractivity contribution is -0.609. The maximum absolute atomic E-state index is 12.1. The number of hydrogen-bond acceptors (Lipinski definition) is 2. The van der Waals surface area contributed by atoms with Crippen LogP contribution >= 0.6 is 0 Å². The van der Waals surface area contributed by atoms with Gasteiger partial charge in [0.1, 0.15) is 0 Å². The Balaban J connectivity index is 2.20. The van der Waals surface area contributed by atoms with Crippen molar-refractivity contribution in [2.24, 2.45) is 0 Å². The molecule has 0 unspecified atom stereocenters. The fourth-order valence-corrected chi connectivity index (χ4v) is 2.25. The van der Waals surface area contributed by atoms with Crippen molar-refractivity contribution in [2.45, 2.75) is 0 Å². The summed E-state index contributed by atoms with van der Waals surface area (Å²) in [4.78, 5) is 13.8. The third-order valence-electron chi connectivity index (χ3n) is 3.29. The van der Waals surface area contributed by atoms with Crippen LogP contribution in [0, 0.1) is 5.21 Å². The van der Waals surface area contributed by atoms with Gasteiger partial charge in [-0.05, 0) is 17.2 Å². The third kappa shape index (κ3) is 2.96. The maximum Gasteiger partial charge on any atom is 0.313 e. The van der Waals surface area contributed by atoms with E-state index in [-0.39, 0.29) is 0 Å². The normalized spacial score (nSPS) is 11.4. The highest BCUT2D eigenvalue weighted by molar-refractivity contribution is 5.89. The molecule has 2 aromatic carbocycles. The molecule has 0 aliphatic carbocycles. The smallest absolute Gasteiger partial charge is 0.313 e. The first-order valence-corrected chi connectivity index (χ1v) is 6.88. The van der Waals surface area contributed by atoms with Crippen LogP contribution in [0.3, 0.4) is 0 Å². The van der Waals surface area contributed by atoms with E-state index in [1.807, 2.05) is 66.7 Å². The molecule has 0 amide bonds. The van der Waals surface area contributed by atoms with Crippen LogP contribution in [0.15, 0.2) is 77.9 Å². The molecular formula is C18H14N2O2. The topological polar surface area (TPSA) is 59.8 Å². The van der Waals surface area contributed by atoms with E-state index in [4.69, 9.17) is 0 Å². The lowest BCUT2D eigenvalue weighted by Crippen LogP contribution is -2.36. The van der Waals surface area contributed by atoms with Crippen molar-refractivity contribution in [3.05, 3.63) is 105 Å². The lowest BCUT2D eigenvalue weighted by Gasteiger charge is -2.08. The van der Waals surface area contributed by atoms with Gasteiger partial charge in [-0.3, -0.25) is 4.79 Å². The Hall–Kier alpha value is -3.14. The van der Waals surface area contributed by atoms with Crippen molar-refractivity contribution < 1.29 is 4.73 Å². The van der Waals surface area contributed by atoms with E-state index in [0.29, 0.717) is 10.4 Å². The quantitative estimate of drug-likeness (QED) is 0.458. The minimum atomic E-state index is -0.425. The summed E-state index contributed by atoms with van der Waals surface area (Å²) in [5.41, 5.74) is 2.61. The summed E-state index contributed by atoms with van der Waals surface area (Å²) >= 11 is 0. The van der Waals surface area contributed by atoms with Gasteiger partial charge in [-0.1, -0.05) is 60.7 Å². The average Bonchev–Trinajstić information content (AvgIpc) is 2.55. The predicted molar refractivity (Wildman–Crippen MR) is 85.9 cm³/mol. The Morgan fingerprint density at radius 3 is 2.27 bits per heavy atom. The standard InChI is InChI=1S/C18H14N2O2/c21-18-13-20(22)17(12-19-18)16(15-9-5-2-6-10-15)11-14-7-3-1-4-8-14/h1-13H,(H,19,21). The van der Waals surface area contributed by atoms with Crippen molar-refractivity contribution >= 4 is 11.6 Å². The molecule has 0 saturated carbocycles. The minimum absolute atomic E-state index is 0.398. The maximum atomic E-state index is 12.1. The molecular weight excluding hydrogens is 276 g/mol. The summed E-state index contributed by atoms with van der Waals surface area (Å²) in [7, 11) is 0. The van der Waals surface area contributed by atoms with Gasteiger partial charge in [0.15, 0.2) is 0 Å². The number of benzene rings is 2. The zero-order valence-electron chi connectivity index (χ0n) is 11.8. The fraction of sp³-hybridized carbons (Fsp3) is 0. The molecule has 0 saturated heterocycles. The molecule has 4 heteroatoms. The van der Waals surface area contributed by atoms with Gasteiger partial charge < -0.3 is 10.2 Å². The Kier molecular flexibility index (Phi) is 3.83. The zero-order chi connectivity index (χ0) is 15.4. The van der Waals surface area contributed by atoms with Crippen LogP contribution in [0.25, 0.3) is 11.6 Å². The molecule has 0 aliphatic heterocycles. The second kappa shape index (κ2) is 6.10. The number of aromatic nitrogens is 2. The van der Waals surface area contributed by atoms with Crippen LogP contribution in [-0.4, -0.2) is 4.98 Å². The fourth-order valence-electron chi connectivity index (χ4n) is 2.25. The first kappa shape index (κ1) is 13.8. The van der Waals surface area contributed by atoms with Crippen molar-refractivity contribution in [1.82, 2.24) is 4.98 Å². The second-order valence-electron chi connectivity index (χ2n) is 4.83. The zero-order valence-corrected chi connectivity index (χ0v) is 11.8. The first-order valence-electron chi connectivity index (χ1n) is 6.88. The summed E-state index contributed by atoms with van der Waals surface area (Å²) in [5.74, 6) is 0. The van der Waals surface area contributed by atoms with Crippen molar-refractivity contribution in [1.29, 1.82) is 0 Å². The molecule has 3 aromatic rings. The Bertz CT molecular complexity index is 853. The van der Waals surface area contributed by atoms with Gasteiger partial charge in [0, 0.05) is 0 Å². The second-order valence-corrected chi connectivity index (χ2v) is 4.83. The highest BCUT2D eigenvalue weighted by Crippen LogP contribution is 2.22. The van der Waals surface area contributed by atoms with Crippen LogP contribution in [0.2, 0.25) is 0 Å². The van der Waals surface area contributed by atoms with Gasteiger partial charge in [0.05, 0.1) is 11.8 Å². The molecule has 1 aromatic heterocycles. The summed E-state index contributed by atoms with van der Waals surface area (Å²) in [6.07, 6.45) is 4.37. The van der Waals surface area contributed by atoms with E-state index in [1.54, 1.807) is 0 Å². The number of aromatic amines is 1. The third-order valence-corrected chi connectivity index (χ3v) is 3.29. The minimum Gasteiger partial charge on any atom is -0.618 e. The molecule has 1 heterocycles. The molecule has 0 atom stereocenters. The molecule has 4 nitrogen and oxygen atoms in total. The van der Waals surface area contributed by atoms with Gasteiger partial charge in [-0.15, -0.1) is 0 Å². The molecule has 0 fully saturated rings. The van der Waals surface area contributed by atoms with Gasteiger partial charge in [-0.2, -0.15) is 4.73 Å². The average molecular weight is 290 g/mol. The van der Waals surface area contributed by atoms with Crippen LogP contribution in [0.1, 0.15) is 16.8 Å². The Morgan fingerprint density at radius 2 is 1.64 bits per heavy atom. The number of nitrogens with zero attached hydrogens (tertiary/aromatic N) is 1. The van der Waals surface area contributed by atoms with E-state index in [2.05, 4.69) is 4.98 Å². The van der Waals surface area contributed by atoms with Gasteiger partial charge in [-0.25, -0.2) is 0 Å². The molecule has 0 aliphatic rings. The van der Waals surface area contributed by atoms with Crippen LogP contribution in [0.4, 0.5) is 0 Å². The lowest BCUT2D eigenvalue weighted by atomic mass is 10.00. The van der Waals surface area contributed by atoms with E-state index in [0.717, 1.165) is 22.9 Å². The first-order chi connectivity index (χ1) is 10.7. The van der Waals surface area contributed by atoms with Crippen molar-refractivity contribution in [3.63, 3.8) is 0 Å². The largest absolute Gasteiger partial charge is 0.618 e. The molecule has 0 radical (unpaired) electrons. The SMILES string of the molecule is O=c1c[n+]([O-])c(C(=Cc2ccccc2)c2ccccc2)c[nH]1. The Labute approximate surface area is 127 Å². The number of nitrogens with one attached hydrogen (secondary N) is 1. The predicted octanol–water partition coefficient (Wildman–Crippen LogP) is 2.60. The molecule has 3 rings (SSSR count). The van der Waals surface area contributed by atoms with Gasteiger partial charge in [0.2, 0.25) is 11.9 Å². The van der Waals surface area contributed by atoms with Crippen LogP contribution in [0.5, 0.6) is 0 Å². The van der Waals surface area contributed by atoms with E-state index in [1.165, 1.54) is 6.20 Å². The molecule has 1 N–H and O–H groups in total.